The Hall–Kier alpha value is -0.260. The molecule has 1 saturated carbocycles. The van der Waals surface area contributed by atoms with Crippen LogP contribution in [0.3, 0.4) is 0 Å². The number of nitrogens with one attached hydrogen (secondary N) is 1. The molecule has 1 aliphatic carbocycles. The first kappa shape index (κ1) is 17.8. The van der Waals surface area contributed by atoms with Crippen molar-refractivity contribution < 1.29 is 24.4 Å². The summed E-state index contributed by atoms with van der Waals surface area (Å²) < 4.78 is 11.0. The third kappa shape index (κ3) is 5.62. The number of Topliss-reactive ketones (excluding diaryl/α,β-unsaturated/α-hetero) is 1. The van der Waals surface area contributed by atoms with Crippen LogP contribution in [0.4, 0.5) is 0 Å². The van der Waals surface area contributed by atoms with Crippen molar-refractivity contribution in [2.75, 3.05) is 6.16 Å². The minimum atomic E-state index is -4.17. The van der Waals surface area contributed by atoms with E-state index in [-0.39, 0.29) is 12.2 Å². The lowest BCUT2D eigenvalue weighted by Crippen LogP contribution is -2.50. The molecular weight excluding hydrogens is 281 g/mol. The van der Waals surface area contributed by atoms with Crippen molar-refractivity contribution in [1.29, 1.82) is 0 Å². The van der Waals surface area contributed by atoms with E-state index in [2.05, 4.69) is 0 Å². The minimum absolute atomic E-state index is 0.0458. The Morgan fingerprint density at radius 3 is 2.30 bits per heavy atom. The average molecular weight is 307 g/mol. The molecule has 118 valence electrons. The van der Waals surface area contributed by atoms with Gasteiger partial charge in [0.25, 0.3) is 0 Å². The standard InChI is InChI=1S/C13H26NO5P/c1-11(15)13(14-16,9-10-20(17,18)19)8-7-12-5-3-2-4-6-12/h12,14,16H,2-10H2,1H3,(H2,17,18,19). The molecule has 0 saturated heterocycles. The van der Waals surface area contributed by atoms with Crippen LogP contribution in [0.25, 0.3) is 0 Å². The summed E-state index contributed by atoms with van der Waals surface area (Å²) in [6.45, 7) is 1.35. The minimum Gasteiger partial charge on any atom is -0.324 e. The Morgan fingerprint density at radius 2 is 1.85 bits per heavy atom. The molecule has 0 bridgehead atoms. The fourth-order valence-electron chi connectivity index (χ4n) is 2.93. The van der Waals surface area contributed by atoms with Crippen molar-refractivity contribution in [3.63, 3.8) is 0 Å². The molecule has 1 fully saturated rings. The second kappa shape index (κ2) is 7.66. The molecule has 20 heavy (non-hydrogen) atoms. The molecule has 1 aliphatic rings. The van der Waals surface area contributed by atoms with E-state index < -0.39 is 19.3 Å². The van der Waals surface area contributed by atoms with Crippen LogP contribution in [0.2, 0.25) is 0 Å². The SMILES string of the molecule is CC(=O)C(CCC1CCCCC1)(CCP(=O)(O)O)NO. The molecular formula is C13H26NO5P. The molecule has 0 aliphatic heterocycles. The number of carbonyl (C=O) groups is 1. The highest BCUT2D eigenvalue weighted by Gasteiger charge is 2.37. The van der Waals surface area contributed by atoms with Crippen molar-refractivity contribution in [3.05, 3.63) is 0 Å². The summed E-state index contributed by atoms with van der Waals surface area (Å²) >= 11 is 0. The maximum atomic E-state index is 11.8. The zero-order valence-corrected chi connectivity index (χ0v) is 12.9. The summed E-state index contributed by atoms with van der Waals surface area (Å²) in [6, 6.07) is 0. The predicted molar refractivity (Wildman–Crippen MR) is 75.7 cm³/mol. The lowest BCUT2D eigenvalue weighted by Gasteiger charge is -2.32. The summed E-state index contributed by atoms with van der Waals surface area (Å²) in [4.78, 5) is 29.7. The Labute approximate surface area is 120 Å². The molecule has 0 heterocycles. The molecule has 0 amide bonds. The largest absolute Gasteiger partial charge is 0.325 e. The van der Waals surface area contributed by atoms with Crippen LogP contribution in [0.1, 0.15) is 58.3 Å². The molecule has 1 atom stereocenters. The maximum absolute atomic E-state index is 11.8. The van der Waals surface area contributed by atoms with Crippen LogP contribution >= 0.6 is 7.60 Å². The summed E-state index contributed by atoms with van der Waals surface area (Å²) in [7, 11) is -4.17. The number of carbonyl (C=O) groups excluding carboxylic acids is 1. The van der Waals surface area contributed by atoms with Crippen molar-refractivity contribution >= 4 is 13.4 Å². The molecule has 0 aromatic carbocycles. The van der Waals surface area contributed by atoms with Gasteiger partial charge in [0.1, 0.15) is 5.54 Å². The predicted octanol–water partition coefficient (Wildman–Crippen LogP) is 2.22. The van der Waals surface area contributed by atoms with Gasteiger partial charge in [0.15, 0.2) is 5.78 Å². The normalized spacial score (nSPS) is 20.6. The molecule has 0 spiro atoms. The monoisotopic (exact) mass is 307 g/mol. The second-order valence-electron chi connectivity index (χ2n) is 5.93. The fourth-order valence-corrected chi connectivity index (χ4v) is 3.60. The van der Waals surface area contributed by atoms with E-state index in [9.17, 15) is 14.6 Å². The number of hydroxylamine groups is 1. The molecule has 1 unspecified atom stereocenters. The number of rotatable bonds is 8. The van der Waals surface area contributed by atoms with E-state index in [0.29, 0.717) is 12.3 Å². The summed E-state index contributed by atoms with van der Waals surface area (Å²) in [5.41, 5.74) is 0.811. The number of hydrogen-bond acceptors (Lipinski definition) is 4. The van der Waals surface area contributed by atoms with Gasteiger partial charge in [-0.25, -0.2) is 0 Å². The van der Waals surface area contributed by atoms with Crippen LogP contribution in [-0.2, 0) is 9.36 Å². The second-order valence-corrected chi connectivity index (χ2v) is 7.71. The third-order valence-electron chi connectivity index (χ3n) is 4.42. The maximum Gasteiger partial charge on any atom is 0.325 e. The van der Waals surface area contributed by atoms with E-state index in [4.69, 9.17) is 9.79 Å². The molecule has 6 nitrogen and oxygen atoms in total. The van der Waals surface area contributed by atoms with Crippen LogP contribution < -0.4 is 5.48 Å². The quantitative estimate of drug-likeness (QED) is 0.404. The third-order valence-corrected chi connectivity index (χ3v) is 5.23. The van der Waals surface area contributed by atoms with Gasteiger partial charge in [-0.1, -0.05) is 32.1 Å². The van der Waals surface area contributed by atoms with Gasteiger partial charge in [-0.05, 0) is 32.1 Å². The van der Waals surface area contributed by atoms with Crippen LogP contribution in [0.5, 0.6) is 0 Å². The van der Waals surface area contributed by atoms with Gasteiger partial charge >= 0.3 is 7.60 Å². The number of hydrogen-bond donors (Lipinski definition) is 4. The van der Waals surface area contributed by atoms with Gasteiger partial charge in [0.2, 0.25) is 0 Å². The van der Waals surface area contributed by atoms with Crippen molar-refractivity contribution in [2.45, 2.75) is 63.8 Å². The van der Waals surface area contributed by atoms with Gasteiger partial charge in [0.05, 0.1) is 6.16 Å². The van der Waals surface area contributed by atoms with E-state index in [1.807, 2.05) is 5.48 Å². The molecule has 0 aromatic heterocycles. The van der Waals surface area contributed by atoms with Gasteiger partial charge in [-0.15, -0.1) is 0 Å². The van der Waals surface area contributed by atoms with Gasteiger partial charge in [-0.2, -0.15) is 5.48 Å². The Bertz CT molecular complexity index is 364. The highest BCUT2D eigenvalue weighted by Crippen LogP contribution is 2.38. The Kier molecular flexibility index (Phi) is 6.82. The van der Waals surface area contributed by atoms with Crippen molar-refractivity contribution in [1.82, 2.24) is 5.48 Å². The van der Waals surface area contributed by atoms with E-state index in [0.717, 1.165) is 19.3 Å². The van der Waals surface area contributed by atoms with E-state index in [1.54, 1.807) is 0 Å². The lowest BCUT2D eigenvalue weighted by molar-refractivity contribution is -0.128. The Balaban J connectivity index is 2.62. The van der Waals surface area contributed by atoms with Crippen LogP contribution in [-0.4, -0.2) is 32.5 Å². The first-order chi connectivity index (χ1) is 9.29. The molecule has 4 N–H and O–H groups in total. The zero-order chi connectivity index (χ0) is 15.2. The first-order valence-corrected chi connectivity index (χ1v) is 9.06. The zero-order valence-electron chi connectivity index (χ0n) is 12.0. The van der Waals surface area contributed by atoms with Crippen LogP contribution in [0.15, 0.2) is 0 Å². The first-order valence-electron chi connectivity index (χ1n) is 7.26. The lowest BCUT2D eigenvalue weighted by atomic mass is 9.80. The van der Waals surface area contributed by atoms with Crippen molar-refractivity contribution in [2.24, 2.45) is 5.92 Å². The summed E-state index contributed by atoms with van der Waals surface area (Å²) in [5, 5.41) is 9.35. The van der Waals surface area contributed by atoms with E-state index in [1.165, 1.54) is 26.2 Å². The number of ketones is 1. The average Bonchev–Trinajstić information content (AvgIpc) is 2.39. The molecule has 1 rings (SSSR count). The summed E-state index contributed by atoms with van der Waals surface area (Å²) in [5.74, 6) is 0.273. The fraction of sp³-hybridized carbons (Fsp3) is 0.923. The van der Waals surface area contributed by atoms with Crippen LogP contribution in [0, 0.1) is 5.92 Å². The smallest absolute Gasteiger partial charge is 0.324 e. The van der Waals surface area contributed by atoms with Gasteiger partial charge in [0, 0.05) is 0 Å². The molecule has 0 aromatic rings. The summed E-state index contributed by atoms with van der Waals surface area (Å²) in [6.07, 6.45) is 6.71. The van der Waals surface area contributed by atoms with E-state index >= 15 is 0 Å². The molecule has 0 radical (unpaired) electrons. The van der Waals surface area contributed by atoms with Gasteiger partial charge < -0.3 is 15.0 Å². The highest BCUT2D eigenvalue weighted by molar-refractivity contribution is 7.51. The topological polar surface area (TPSA) is 107 Å². The van der Waals surface area contributed by atoms with Gasteiger partial charge in [-0.3, -0.25) is 9.36 Å². The Morgan fingerprint density at radius 1 is 1.25 bits per heavy atom. The molecule has 7 heteroatoms. The van der Waals surface area contributed by atoms with Crippen molar-refractivity contribution in [3.8, 4) is 0 Å². The highest BCUT2D eigenvalue weighted by atomic mass is 31.2.